The summed E-state index contributed by atoms with van der Waals surface area (Å²) >= 11 is 0. The molecule has 3 aliphatic carbocycles. The van der Waals surface area contributed by atoms with Crippen molar-refractivity contribution in [1.82, 2.24) is 4.90 Å². The third kappa shape index (κ3) is 2.02. The zero-order valence-corrected chi connectivity index (χ0v) is 11.0. The summed E-state index contributed by atoms with van der Waals surface area (Å²) in [4.78, 5) is 14.6. The van der Waals surface area contributed by atoms with Gasteiger partial charge in [-0.05, 0) is 43.9 Å². The maximum absolute atomic E-state index is 12.7. The molecule has 0 N–H and O–H groups in total. The highest BCUT2D eigenvalue weighted by atomic mass is 16.2. The minimum absolute atomic E-state index is 0.248. The molecule has 3 nitrogen and oxygen atoms in total. The van der Waals surface area contributed by atoms with E-state index < -0.39 is 0 Å². The summed E-state index contributed by atoms with van der Waals surface area (Å²) in [7, 11) is 0. The minimum atomic E-state index is 0.248. The molecule has 1 amide bonds. The Kier molecular flexibility index (Phi) is 3.28. The lowest BCUT2D eigenvalue weighted by Crippen LogP contribution is -2.44. The predicted octanol–water partition coefficient (Wildman–Crippen LogP) is 2.72. The summed E-state index contributed by atoms with van der Waals surface area (Å²) in [6.07, 6.45) is 9.58. The molecule has 0 radical (unpaired) electrons. The van der Waals surface area contributed by atoms with Crippen LogP contribution in [0.4, 0.5) is 0 Å². The van der Waals surface area contributed by atoms with Crippen molar-refractivity contribution in [3.63, 3.8) is 0 Å². The number of rotatable bonds is 3. The molecule has 3 rings (SSSR count). The molecule has 3 atom stereocenters. The van der Waals surface area contributed by atoms with Crippen molar-refractivity contribution < 1.29 is 4.79 Å². The van der Waals surface area contributed by atoms with E-state index in [-0.39, 0.29) is 5.92 Å². The average Bonchev–Trinajstić information content (AvgIpc) is 3.10. The molecule has 3 saturated carbocycles. The lowest BCUT2D eigenvalue weighted by Gasteiger charge is -2.32. The lowest BCUT2D eigenvalue weighted by atomic mass is 9.87. The molecule has 0 aromatic carbocycles. The van der Waals surface area contributed by atoms with E-state index in [0.717, 1.165) is 25.2 Å². The van der Waals surface area contributed by atoms with Gasteiger partial charge >= 0.3 is 0 Å². The molecule has 0 spiro atoms. The van der Waals surface area contributed by atoms with Gasteiger partial charge in [0.2, 0.25) is 5.91 Å². The van der Waals surface area contributed by atoms with Crippen LogP contribution in [0.3, 0.4) is 0 Å². The summed E-state index contributed by atoms with van der Waals surface area (Å²) in [5.74, 6) is 1.98. The summed E-state index contributed by atoms with van der Waals surface area (Å²) in [5.41, 5.74) is 0. The number of fused-ring (bicyclic) bond motifs is 2. The fourth-order valence-electron chi connectivity index (χ4n) is 4.44. The molecule has 0 heterocycles. The summed E-state index contributed by atoms with van der Waals surface area (Å²) < 4.78 is 0. The maximum atomic E-state index is 12.7. The zero-order chi connectivity index (χ0) is 12.5. The van der Waals surface area contributed by atoms with Crippen LogP contribution in [0.2, 0.25) is 0 Å². The van der Waals surface area contributed by atoms with Crippen molar-refractivity contribution in [3.8, 4) is 6.07 Å². The van der Waals surface area contributed by atoms with Crippen molar-refractivity contribution in [1.29, 1.82) is 5.26 Å². The fourth-order valence-corrected chi connectivity index (χ4v) is 4.44. The van der Waals surface area contributed by atoms with Crippen LogP contribution >= 0.6 is 0 Å². The van der Waals surface area contributed by atoms with E-state index in [9.17, 15) is 4.79 Å². The van der Waals surface area contributed by atoms with E-state index >= 15 is 0 Å². The van der Waals surface area contributed by atoms with Gasteiger partial charge in [-0.2, -0.15) is 5.26 Å². The number of hydrogen-bond donors (Lipinski definition) is 0. The standard InChI is InChI=1S/C15H22N2O/c16-7-8-17(13-3-1-2-4-13)15(18)14-10-11-5-6-12(14)9-11/h11-14H,1-6,8-10H2. The third-order valence-corrected chi connectivity index (χ3v) is 5.34. The summed E-state index contributed by atoms with van der Waals surface area (Å²) in [6.45, 7) is 0.303. The molecule has 18 heavy (non-hydrogen) atoms. The van der Waals surface area contributed by atoms with Crippen molar-refractivity contribution in [3.05, 3.63) is 0 Å². The van der Waals surface area contributed by atoms with E-state index in [0.29, 0.717) is 24.4 Å². The first-order valence-electron chi connectivity index (χ1n) is 7.47. The molecule has 3 heteroatoms. The molecule has 3 fully saturated rings. The van der Waals surface area contributed by atoms with Crippen molar-refractivity contribution in [2.24, 2.45) is 17.8 Å². The Morgan fingerprint density at radius 2 is 1.94 bits per heavy atom. The van der Waals surface area contributed by atoms with Gasteiger partial charge in [-0.25, -0.2) is 0 Å². The number of carbonyl (C=O) groups is 1. The third-order valence-electron chi connectivity index (χ3n) is 5.34. The average molecular weight is 246 g/mol. The highest BCUT2D eigenvalue weighted by Crippen LogP contribution is 2.49. The fraction of sp³-hybridized carbons (Fsp3) is 0.867. The number of nitriles is 1. The highest BCUT2D eigenvalue weighted by molar-refractivity contribution is 5.80. The van der Waals surface area contributed by atoms with Gasteiger partial charge in [0.1, 0.15) is 6.54 Å². The van der Waals surface area contributed by atoms with Gasteiger partial charge in [-0.3, -0.25) is 4.79 Å². The quantitative estimate of drug-likeness (QED) is 0.719. The SMILES string of the molecule is N#CCN(C(=O)C1CC2CCC1C2)C1CCCC1. The van der Waals surface area contributed by atoms with Gasteiger partial charge < -0.3 is 4.90 Å². The van der Waals surface area contributed by atoms with E-state index in [2.05, 4.69) is 6.07 Å². The number of carbonyl (C=O) groups excluding carboxylic acids is 1. The zero-order valence-electron chi connectivity index (χ0n) is 11.0. The topological polar surface area (TPSA) is 44.1 Å². The second-order valence-electron chi connectivity index (χ2n) is 6.34. The van der Waals surface area contributed by atoms with Crippen LogP contribution in [0.25, 0.3) is 0 Å². The van der Waals surface area contributed by atoms with E-state index in [1.165, 1.54) is 32.1 Å². The molecular formula is C15H22N2O. The number of hydrogen-bond acceptors (Lipinski definition) is 2. The monoisotopic (exact) mass is 246 g/mol. The van der Waals surface area contributed by atoms with Crippen molar-refractivity contribution >= 4 is 5.91 Å². The van der Waals surface area contributed by atoms with Gasteiger partial charge in [0.05, 0.1) is 6.07 Å². The second kappa shape index (κ2) is 4.91. The van der Waals surface area contributed by atoms with Crippen LogP contribution in [0.5, 0.6) is 0 Å². The molecule has 0 aromatic rings. The molecule has 3 unspecified atom stereocenters. The Labute approximate surface area is 109 Å². The van der Waals surface area contributed by atoms with Gasteiger partial charge in [0, 0.05) is 12.0 Å². The smallest absolute Gasteiger partial charge is 0.227 e. The maximum Gasteiger partial charge on any atom is 0.227 e. The Hall–Kier alpha value is -1.04. The van der Waals surface area contributed by atoms with E-state index in [1.807, 2.05) is 4.90 Å². The Morgan fingerprint density at radius 3 is 2.50 bits per heavy atom. The summed E-state index contributed by atoms with van der Waals surface area (Å²) in [5, 5.41) is 8.98. The Bertz CT molecular complexity index is 367. The Morgan fingerprint density at radius 1 is 1.17 bits per heavy atom. The van der Waals surface area contributed by atoms with Crippen molar-refractivity contribution in [2.45, 2.75) is 57.4 Å². The van der Waals surface area contributed by atoms with Crippen LogP contribution in [-0.4, -0.2) is 23.4 Å². The van der Waals surface area contributed by atoms with Gasteiger partial charge in [0.15, 0.2) is 0 Å². The number of nitrogens with zero attached hydrogens (tertiary/aromatic N) is 2. The lowest BCUT2D eigenvalue weighted by molar-refractivity contribution is -0.138. The first kappa shape index (κ1) is 12.0. The first-order valence-corrected chi connectivity index (χ1v) is 7.47. The van der Waals surface area contributed by atoms with E-state index in [1.54, 1.807) is 0 Å². The predicted molar refractivity (Wildman–Crippen MR) is 68.5 cm³/mol. The highest BCUT2D eigenvalue weighted by Gasteiger charge is 2.45. The van der Waals surface area contributed by atoms with Crippen LogP contribution in [0, 0.1) is 29.1 Å². The molecule has 2 bridgehead atoms. The summed E-state index contributed by atoms with van der Waals surface area (Å²) in [6, 6.07) is 2.56. The molecule has 0 aliphatic heterocycles. The van der Waals surface area contributed by atoms with Gasteiger partial charge in [-0.15, -0.1) is 0 Å². The minimum Gasteiger partial charge on any atom is -0.326 e. The Balaban J connectivity index is 1.70. The normalized spacial score (nSPS) is 34.7. The van der Waals surface area contributed by atoms with Crippen LogP contribution in [0.15, 0.2) is 0 Å². The second-order valence-corrected chi connectivity index (χ2v) is 6.34. The molecular weight excluding hydrogens is 224 g/mol. The van der Waals surface area contributed by atoms with Crippen LogP contribution < -0.4 is 0 Å². The van der Waals surface area contributed by atoms with Crippen molar-refractivity contribution in [2.75, 3.05) is 6.54 Å². The number of amides is 1. The molecule has 0 saturated heterocycles. The van der Waals surface area contributed by atoms with Gasteiger partial charge in [0.25, 0.3) is 0 Å². The first-order chi connectivity index (χ1) is 8.79. The largest absolute Gasteiger partial charge is 0.326 e. The molecule has 3 aliphatic rings. The van der Waals surface area contributed by atoms with Crippen LogP contribution in [-0.2, 0) is 4.79 Å². The molecule has 98 valence electrons. The van der Waals surface area contributed by atoms with Gasteiger partial charge in [-0.1, -0.05) is 19.3 Å². The van der Waals surface area contributed by atoms with E-state index in [4.69, 9.17) is 5.26 Å². The molecule has 0 aromatic heterocycles. The van der Waals surface area contributed by atoms with Crippen LogP contribution in [0.1, 0.15) is 51.4 Å².